The fraction of sp³-hybridized carbons (Fsp3) is 0.286. The molecular weight excluding hydrogens is 330 g/mol. The highest BCUT2D eigenvalue weighted by atomic mass is 32.1. The van der Waals surface area contributed by atoms with Gasteiger partial charge >= 0.3 is 0 Å². The lowest BCUT2D eigenvalue weighted by molar-refractivity contribution is 1.15. The molecule has 0 saturated heterocycles. The standard InChI is InChI=1S/C14H17N7S2/c1-6-8(3)22-13(18-6)20-11-10(15)12(17-5-16-11)21-14-19-7(2)9(4)23-14/h5H,15H2,1-4H3,(H2,16,17,18,19,20,21). The van der Waals surface area contributed by atoms with Gasteiger partial charge in [0.05, 0.1) is 11.4 Å². The van der Waals surface area contributed by atoms with Crippen LogP contribution < -0.4 is 16.4 Å². The van der Waals surface area contributed by atoms with Gasteiger partial charge in [-0.1, -0.05) is 0 Å². The highest BCUT2D eigenvalue weighted by molar-refractivity contribution is 7.16. The number of aromatic nitrogens is 4. The maximum atomic E-state index is 6.17. The number of hydrogen-bond donors (Lipinski definition) is 3. The maximum Gasteiger partial charge on any atom is 0.188 e. The van der Waals surface area contributed by atoms with Gasteiger partial charge in [-0.2, -0.15) is 0 Å². The molecule has 0 amide bonds. The summed E-state index contributed by atoms with van der Waals surface area (Å²) in [6.07, 6.45) is 1.46. The normalized spacial score (nSPS) is 10.8. The molecule has 3 aromatic heterocycles. The topological polar surface area (TPSA) is 102 Å². The van der Waals surface area contributed by atoms with E-state index in [9.17, 15) is 0 Å². The van der Waals surface area contributed by atoms with Crippen LogP contribution in [-0.4, -0.2) is 19.9 Å². The number of aryl methyl sites for hydroxylation is 4. The lowest BCUT2D eigenvalue weighted by Crippen LogP contribution is -2.05. The van der Waals surface area contributed by atoms with E-state index < -0.39 is 0 Å². The van der Waals surface area contributed by atoms with Gasteiger partial charge in [-0.25, -0.2) is 19.9 Å². The van der Waals surface area contributed by atoms with Gasteiger partial charge in [-0.3, -0.25) is 0 Å². The minimum Gasteiger partial charge on any atom is -0.393 e. The van der Waals surface area contributed by atoms with Gasteiger partial charge < -0.3 is 16.4 Å². The van der Waals surface area contributed by atoms with Crippen LogP contribution in [0.3, 0.4) is 0 Å². The highest BCUT2D eigenvalue weighted by Gasteiger charge is 2.13. The largest absolute Gasteiger partial charge is 0.393 e. The van der Waals surface area contributed by atoms with E-state index in [2.05, 4.69) is 30.6 Å². The third kappa shape index (κ3) is 3.25. The number of hydrogen-bond acceptors (Lipinski definition) is 9. The van der Waals surface area contributed by atoms with E-state index in [-0.39, 0.29) is 0 Å². The minimum absolute atomic E-state index is 0.434. The summed E-state index contributed by atoms with van der Waals surface area (Å²) in [6.45, 7) is 8.00. The third-order valence-corrected chi connectivity index (χ3v) is 5.37. The summed E-state index contributed by atoms with van der Waals surface area (Å²) in [5.41, 5.74) is 8.60. The number of nitrogens with zero attached hydrogens (tertiary/aromatic N) is 4. The molecule has 4 N–H and O–H groups in total. The zero-order valence-corrected chi connectivity index (χ0v) is 14.9. The highest BCUT2D eigenvalue weighted by Crippen LogP contribution is 2.31. The van der Waals surface area contributed by atoms with Crippen LogP contribution in [0.1, 0.15) is 21.1 Å². The van der Waals surface area contributed by atoms with Crippen LogP contribution >= 0.6 is 22.7 Å². The van der Waals surface area contributed by atoms with Crippen molar-refractivity contribution in [2.45, 2.75) is 27.7 Å². The van der Waals surface area contributed by atoms with Gasteiger partial charge in [-0.05, 0) is 27.7 Å². The Kier molecular flexibility index (Phi) is 4.14. The molecule has 7 nitrogen and oxygen atoms in total. The molecule has 9 heteroatoms. The average molecular weight is 347 g/mol. The summed E-state index contributed by atoms with van der Waals surface area (Å²) < 4.78 is 0. The summed E-state index contributed by atoms with van der Waals surface area (Å²) in [4.78, 5) is 19.6. The quantitative estimate of drug-likeness (QED) is 0.661. The van der Waals surface area contributed by atoms with Gasteiger partial charge in [0.25, 0.3) is 0 Å². The van der Waals surface area contributed by atoms with Crippen LogP contribution in [0, 0.1) is 27.7 Å². The zero-order valence-electron chi connectivity index (χ0n) is 13.3. The van der Waals surface area contributed by atoms with Crippen LogP contribution in [0.5, 0.6) is 0 Å². The molecule has 3 rings (SSSR count). The van der Waals surface area contributed by atoms with Crippen molar-refractivity contribution in [3.8, 4) is 0 Å². The number of anilines is 5. The first-order chi connectivity index (χ1) is 10.9. The van der Waals surface area contributed by atoms with Crippen molar-refractivity contribution in [2.24, 2.45) is 0 Å². The average Bonchev–Trinajstić information content (AvgIpc) is 2.97. The number of thiazole rings is 2. The van der Waals surface area contributed by atoms with Gasteiger partial charge in [0.1, 0.15) is 12.0 Å². The number of nitrogens with one attached hydrogen (secondary N) is 2. The molecule has 0 spiro atoms. The smallest absolute Gasteiger partial charge is 0.188 e. The van der Waals surface area contributed by atoms with Crippen molar-refractivity contribution in [2.75, 3.05) is 16.4 Å². The molecule has 0 atom stereocenters. The second kappa shape index (κ2) is 6.09. The Labute approximate surface area is 142 Å². The summed E-state index contributed by atoms with van der Waals surface area (Å²) in [6, 6.07) is 0. The molecule has 0 aliphatic carbocycles. The zero-order chi connectivity index (χ0) is 16.6. The van der Waals surface area contributed by atoms with Crippen molar-refractivity contribution in [3.05, 3.63) is 27.5 Å². The lowest BCUT2D eigenvalue weighted by atomic mass is 10.4. The molecule has 0 aliphatic rings. The molecule has 23 heavy (non-hydrogen) atoms. The molecule has 3 aromatic rings. The van der Waals surface area contributed by atoms with E-state index in [1.165, 1.54) is 6.33 Å². The molecular formula is C14H17N7S2. The number of nitrogen functional groups attached to an aromatic ring is 1. The van der Waals surface area contributed by atoms with Crippen molar-refractivity contribution in [3.63, 3.8) is 0 Å². The van der Waals surface area contributed by atoms with Crippen molar-refractivity contribution in [1.29, 1.82) is 0 Å². The van der Waals surface area contributed by atoms with Gasteiger partial charge in [-0.15, -0.1) is 22.7 Å². The van der Waals surface area contributed by atoms with Crippen LogP contribution in [-0.2, 0) is 0 Å². The fourth-order valence-electron chi connectivity index (χ4n) is 1.85. The van der Waals surface area contributed by atoms with Crippen molar-refractivity contribution < 1.29 is 0 Å². The Bertz CT molecular complexity index is 747. The summed E-state index contributed by atoms with van der Waals surface area (Å²) in [5, 5.41) is 7.82. The molecule has 0 bridgehead atoms. The molecule has 0 unspecified atom stereocenters. The van der Waals surface area contributed by atoms with E-state index >= 15 is 0 Å². The molecule has 0 aromatic carbocycles. The van der Waals surface area contributed by atoms with E-state index in [0.29, 0.717) is 17.3 Å². The second-order valence-electron chi connectivity index (χ2n) is 5.06. The Balaban J connectivity index is 1.85. The van der Waals surface area contributed by atoms with E-state index in [4.69, 9.17) is 5.73 Å². The van der Waals surface area contributed by atoms with Crippen LogP contribution in [0.2, 0.25) is 0 Å². The predicted octanol–water partition coefficient (Wildman–Crippen LogP) is 3.69. The van der Waals surface area contributed by atoms with Gasteiger partial charge in [0.15, 0.2) is 21.9 Å². The number of nitrogens with two attached hydrogens (primary N) is 1. The van der Waals surface area contributed by atoms with E-state index in [1.807, 2.05) is 27.7 Å². The molecule has 0 fully saturated rings. The summed E-state index contributed by atoms with van der Waals surface area (Å²) >= 11 is 3.13. The molecule has 0 radical (unpaired) electrons. The first-order valence-corrected chi connectivity index (χ1v) is 8.60. The number of rotatable bonds is 4. The Hall–Kier alpha value is -2.26. The van der Waals surface area contributed by atoms with E-state index in [1.54, 1.807) is 22.7 Å². The molecule has 120 valence electrons. The van der Waals surface area contributed by atoms with Gasteiger partial charge in [0.2, 0.25) is 0 Å². The summed E-state index contributed by atoms with van der Waals surface area (Å²) in [7, 11) is 0. The van der Waals surface area contributed by atoms with Gasteiger partial charge in [0, 0.05) is 9.75 Å². The predicted molar refractivity (Wildman–Crippen MR) is 96.2 cm³/mol. The first-order valence-electron chi connectivity index (χ1n) is 6.96. The Morgan fingerprint density at radius 3 is 1.61 bits per heavy atom. The van der Waals surface area contributed by atoms with Crippen LogP contribution in [0.15, 0.2) is 6.33 Å². The molecule has 0 saturated carbocycles. The fourth-order valence-corrected chi connectivity index (χ4v) is 3.48. The lowest BCUT2D eigenvalue weighted by Gasteiger charge is -2.09. The van der Waals surface area contributed by atoms with Crippen molar-refractivity contribution >= 4 is 50.3 Å². The second-order valence-corrected chi connectivity index (χ2v) is 7.46. The van der Waals surface area contributed by atoms with Crippen LogP contribution in [0.25, 0.3) is 0 Å². The Morgan fingerprint density at radius 2 is 1.26 bits per heavy atom. The Morgan fingerprint density at radius 1 is 0.826 bits per heavy atom. The molecule has 0 aliphatic heterocycles. The first kappa shape index (κ1) is 15.6. The minimum atomic E-state index is 0.434. The van der Waals surface area contributed by atoms with Crippen molar-refractivity contribution in [1.82, 2.24) is 19.9 Å². The SMILES string of the molecule is Cc1nc(Nc2ncnc(Nc3nc(C)c(C)s3)c2N)sc1C. The van der Waals surface area contributed by atoms with Crippen LogP contribution in [0.4, 0.5) is 27.6 Å². The summed E-state index contributed by atoms with van der Waals surface area (Å²) in [5.74, 6) is 1.06. The maximum absolute atomic E-state index is 6.17. The van der Waals surface area contributed by atoms with E-state index in [0.717, 1.165) is 31.4 Å². The molecule has 3 heterocycles. The monoisotopic (exact) mass is 347 g/mol. The third-order valence-electron chi connectivity index (χ3n) is 3.39.